The molecule has 2 aromatic rings. The van der Waals surface area contributed by atoms with Gasteiger partial charge in [0.1, 0.15) is 18.2 Å². The monoisotopic (exact) mass is 345 g/mol. The summed E-state index contributed by atoms with van der Waals surface area (Å²) in [6.45, 7) is -0.0759. The van der Waals surface area contributed by atoms with Crippen LogP contribution in [-0.4, -0.2) is 68.1 Å². The highest BCUT2D eigenvalue weighted by Crippen LogP contribution is 2.34. The SMILES string of the molecule is CN(C)c1ncnc2ncn(C(CO)CCOCP(=O)(O)O)c12. The first-order chi connectivity index (χ1) is 10.8. The van der Waals surface area contributed by atoms with Crippen molar-refractivity contribution in [2.24, 2.45) is 0 Å². The van der Waals surface area contributed by atoms with Crippen molar-refractivity contribution in [3.8, 4) is 0 Å². The zero-order valence-corrected chi connectivity index (χ0v) is 13.8. The van der Waals surface area contributed by atoms with Crippen LogP contribution in [0.1, 0.15) is 12.5 Å². The lowest BCUT2D eigenvalue weighted by atomic mass is 10.2. The Hall–Kier alpha value is -1.58. The number of anilines is 1. The zero-order valence-electron chi connectivity index (χ0n) is 12.9. The van der Waals surface area contributed by atoms with Gasteiger partial charge in [-0.15, -0.1) is 0 Å². The number of hydrogen-bond donors (Lipinski definition) is 3. The van der Waals surface area contributed by atoms with Gasteiger partial charge >= 0.3 is 7.60 Å². The molecular weight excluding hydrogens is 325 g/mol. The number of ether oxygens (including phenoxy) is 1. The van der Waals surface area contributed by atoms with Crippen molar-refractivity contribution < 1.29 is 24.2 Å². The van der Waals surface area contributed by atoms with Crippen LogP contribution in [0.5, 0.6) is 0 Å². The maximum Gasteiger partial charge on any atom is 0.350 e. The van der Waals surface area contributed by atoms with Crippen molar-refractivity contribution in [1.82, 2.24) is 19.5 Å². The Morgan fingerprint density at radius 3 is 2.70 bits per heavy atom. The van der Waals surface area contributed by atoms with Crippen molar-refractivity contribution in [1.29, 1.82) is 0 Å². The minimum Gasteiger partial charge on any atom is -0.394 e. The van der Waals surface area contributed by atoms with Gasteiger partial charge in [-0.3, -0.25) is 4.57 Å². The molecule has 0 saturated heterocycles. The van der Waals surface area contributed by atoms with E-state index in [0.717, 1.165) is 0 Å². The minimum absolute atomic E-state index is 0.0982. The normalized spacial score (nSPS) is 13.4. The summed E-state index contributed by atoms with van der Waals surface area (Å²) in [4.78, 5) is 31.9. The molecule has 23 heavy (non-hydrogen) atoms. The van der Waals surface area contributed by atoms with Gasteiger partial charge in [-0.25, -0.2) is 15.0 Å². The van der Waals surface area contributed by atoms with Crippen LogP contribution in [0.25, 0.3) is 11.2 Å². The van der Waals surface area contributed by atoms with Crippen LogP contribution < -0.4 is 4.90 Å². The molecule has 2 rings (SSSR count). The Balaban J connectivity index is 2.18. The van der Waals surface area contributed by atoms with E-state index in [1.54, 1.807) is 10.9 Å². The third kappa shape index (κ3) is 4.46. The van der Waals surface area contributed by atoms with Crippen molar-refractivity contribution in [3.63, 3.8) is 0 Å². The largest absolute Gasteiger partial charge is 0.394 e. The highest BCUT2D eigenvalue weighted by atomic mass is 31.2. The molecule has 0 spiro atoms. The molecule has 0 fully saturated rings. The van der Waals surface area contributed by atoms with E-state index in [9.17, 15) is 9.67 Å². The van der Waals surface area contributed by atoms with Crippen LogP contribution in [0.4, 0.5) is 5.82 Å². The molecule has 2 heterocycles. The maximum atomic E-state index is 10.8. The van der Waals surface area contributed by atoms with E-state index in [1.807, 2.05) is 19.0 Å². The summed E-state index contributed by atoms with van der Waals surface area (Å²) in [6, 6.07) is -0.360. The lowest BCUT2D eigenvalue weighted by Crippen LogP contribution is -2.18. The minimum atomic E-state index is -4.18. The number of rotatable bonds is 8. The molecule has 2 aromatic heterocycles. The number of hydrogen-bond acceptors (Lipinski definition) is 7. The third-order valence-corrected chi connectivity index (χ3v) is 3.75. The highest BCUT2D eigenvalue weighted by Gasteiger charge is 2.19. The second-order valence-corrected chi connectivity index (χ2v) is 6.83. The Morgan fingerprint density at radius 1 is 1.35 bits per heavy atom. The van der Waals surface area contributed by atoms with E-state index >= 15 is 0 Å². The molecule has 0 aliphatic heterocycles. The van der Waals surface area contributed by atoms with Crippen molar-refractivity contribution >= 4 is 24.6 Å². The van der Waals surface area contributed by atoms with Crippen LogP contribution in [0.15, 0.2) is 12.7 Å². The molecule has 11 heteroatoms. The van der Waals surface area contributed by atoms with Crippen molar-refractivity contribution in [3.05, 3.63) is 12.7 Å². The molecule has 1 unspecified atom stereocenters. The van der Waals surface area contributed by atoms with E-state index in [0.29, 0.717) is 23.4 Å². The van der Waals surface area contributed by atoms with E-state index in [-0.39, 0.29) is 19.3 Å². The average molecular weight is 345 g/mol. The number of aliphatic hydroxyl groups excluding tert-OH is 1. The van der Waals surface area contributed by atoms with Gasteiger partial charge in [0.2, 0.25) is 0 Å². The smallest absolute Gasteiger partial charge is 0.350 e. The van der Waals surface area contributed by atoms with Crippen LogP contribution >= 0.6 is 7.60 Å². The topological polar surface area (TPSA) is 134 Å². The molecular formula is C12H20N5O5P. The number of fused-ring (bicyclic) bond motifs is 1. The second-order valence-electron chi connectivity index (χ2n) is 5.24. The van der Waals surface area contributed by atoms with Crippen LogP contribution in [0.3, 0.4) is 0 Å². The third-order valence-electron chi connectivity index (χ3n) is 3.23. The quantitative estimate of drug-likeness (QED) is 0.445. The zero-order chi connectivity index (χ0) is 17.0. The highest BCUT2D eigenvalue weighted by molar-refractivity contribution is 7.51. The van der Waals surface area contributed by atoms with Gasteiger partial charge < -0.3 is 29.1 Å². The lowest BCUT2D eigenvalue weighted by molar-refractivity contribution is 0.127. The Kier molecular flexibility index (Phi) is 5.66. The van der Waals surface area contributed by atoms with Crippen LogP contribution in [0.2, 0.25) is 0 Å². The molecule has 0 aliphatic carbocycles. The maximum absolute atomic E-state index is 10.8. The Bertz CT molecular complexity index is 700. The first kappa shape index (κ1) is 17.8. The van der Waals surface area contributed by atoms with Gasteiger partial charge in [0, 0.05) is 20.7 Å². The summed E-state index contributed by atoms with van der Waals surface area (Å²) < 4.78 is 17.5. The molecule has 0 amide bonds. The van der Waals surface area contributed by atoms with Crippen molar-refractivity contribution in [2.75, 3.05) is 38.6 Å². The fourth-order valence-electron chi connectivity index (χ4n) is 2.19. The Labute approximate surface area is 132 Å². The van der Waals surface area contributed by atoms with Gasteiger partial charge in [0.05, 0.1) is 19.0 Å². The molecule has 10 nitrogen and oxygen atoms in total. The molecule has 0 saturated carbocycles. The summed E-state index contributed by atoms with van der Waals surface area (Å²) >= 11 is 0. The van der Waals surface area contributed by atoms with Crippen molar-refractivity contribution in [2.45, 2.75) is 12.5 Å². The van der Waals surface area contributed by atoms with Gasteiger partial charge in [0.15, 0.2) is 11.5 Å². The molecule has 0 aliphatic rings. The fraction of sp³-hybridized carbons (Fsp3) is 0.583. The lowest BCUT2D eigenvalue weighted by Gasteiger charge is -2.19. The molecule has 0 radical (unpaired) electrons. The van der Waals surface area contributed by atoms with Gasteiger partial charge in [-0.05, 0) is 6.42 Å². The molecule has 0 bridgehead atoms. The number of aliphatic hydroxyl groups is 1. The first-order valence-corrected chi connectivity index (χ1v) is 8.71. The number of imidazole rings is 1. The molecule has 128 valence electrons. The van der Waals surface area contributed by atoms with Gasteiger partial charge in [0.25, 0.3) is 0 Å². The Morgan fingerprint density at radius 2 is 2.09 bits per heavy atom. The number of nitrogens with zero attached hydrogens (tertiary/aromatic N) is 5. The summed E-state index contributed by atoms with van der Waals surface area (Å²) in [5, 5.41) is 9.63. The summed E-state index contributed by atoms with van der Waals surface area (Å²) in [6.07, 6.45) is 2.72. The van der Waals surface area contributed by atoms with Gasteiger partial charge in [-0.2, -0.15) is 0 Å². The number of aromatic nitrogens is 4. The predicted molar refractivity (Wildman–Crippen MR) is 83.3 cm³/mol. The summed E-state index contributed by atoms with van der Waals surface area (Å²) in [5.74, 6) is 0.669. The van der Waals surface area contributed by atoms with E-state index < -0.39 is 13.9 Å². The first-order valence-electron chi connectivity index (χ1n) is 6.91. The summed E-state index contributed by atoms with van der Waals surface area (Å²) in [7, 11) is -0.498. The van der Waals surface area contributed by atoms with E-state index in [1.165, 1.54) is 6.33 Å². The molecule has 1 atom stereocenters. The second kappa shape index (κ2) is 7.33. The molecule has 3 N–H and O–H groups in total. The summed E-state index contributed by atoms with van der Waals surface area (Å²) in [5.41, 5.74) is 1.20. The fourth-order valence-corrected chi connectivity index (χ4v) is 2.55. The van der Waals surface area contributed by atoms with Crippen LogP contribution in [0, 0.1) is 0 Å². The predicted octanol–water partition coefficient (Wildman–Crippen LogP) is -0.0324. The van der Waals surface area contributed by atoms with E-state index in [2.05, 4.69) is 15.0 Å². The average Bonchev–Trinajstić information content (AvgIpc) is 2.90. The van der Waals surface area contributed by atoms with E-state index in [4.69, 9.17) is 14.5 Å². The van der Waals surface area contributed by atoms with Crippen LogP contribution in [-0.2, 0) is 9.30 Å². The van der Waals surface area contributed by atoms with Gasteiger partial charge in [-0.1, -0.05) is 0 Å². The molecule has 0 aromatic carbocycles. The standard InChI is InChI=1S/C12H20N5O5P/c1-16(2)12-10-11(13-6-14-12)15-7-17(10)9(5-18)3-4-22-8-23(19,20)21/h6-7,9,18H,3-5,8H2,1-2H3,(H2,19,20,21).